The van der Waals surface area contributed by atoms with Gasteiger partial charge in [0.15, 0.2) is 0 Å². The lowest BCUT2D eigenvalue weighted by atomic mass is 9.91. The van der Waals surface area contributed by atoms with E-state index in [2.05, 4.69) is 17.6 Å². The zero-order valence-electron chi connectivity index (χ0n) is 10.8. The summed E-state index contributed by atoms with van der Waals surface area (Å²) in [5.74, 6) is 0.662. The van der Waals surface area contributed by atoms with Crippen LogP contribution in [0.5, 0.6) is 0 Å². The first-order valence-electron chi connectivity index (χ1n) is 6.00. The van der Waals surface area contributed by atoms with Crippen LogP contribution in [-0.2, 0) is 9.53 Å². The zero-order valence-corrected chi connectivity index (χ0v) is 10.8. The number of rotatable bonds is 5. The third kappa shape index (κ3) is 3.46. The number of ether oxygens (including phenoxy) is 1. The van der Waals surface area contributed by atoms with Gasteiger partial charge in [0.25, 0.3) is 0 Å². The fourth-order valence-corrected chi connectivity index (χ4v) is 1.95. The van der Waals surface area contributed by atoms with Crippen LogP contribution >= 0.6 is 0 Å². The minimum Gasteiger partial charge on any atom is -0.381 e. The second kappa shape index (κ2) is 5.64. The molecule has 94 valence electrons. The van der Waals surface area contributed by atoms with Crippen molar-refractivity contribution in [3.8, 4) is 0 Å². The number of carbonyl (C=O) groups is 1. The fraction of sp³-hybridized carbons (Fsp3) is 0.917. The number of carbonyl (C=O) groups excluding carboxylic acids is 1. The molecule has 4 nitrogen and oxygen atoms in total. The van der Waals surface area contributed by atoms with Gasteiger partial charge >= 0.3 is 0 Å². The molecule has 1 aliphatic rings. The molecule has 16 heavy (non-hydrogen) atoms. The van der Waals surface area contributed by atoms with Gasteiger partial charge in [0.1, 0.15) is 0 Å². The van der Waals surface area contributed by atoms with Gasteiger partial charge in [-0.25, -0.2) is 0 Å². The zero-order chi connectivity index (χ0) is 12.2. The maximum Gasteiger partial charge on any atom is 0.226 e. The summed E-state index contributed by atoms with van der Waals surface area (Å²) in [6, 6.07) is 0.409. The summed E-state index contributed by atoms with van der Waals surface area (Å²) in [7, 11) is 1.68. The van der Waals surface area contributed by atoms with Crippen molar-refractivity contribution >= 4 is 5.91 Å². The SMILES string of the molecule is CNC(=O)C(C)(C)CNC(C)C1CCOC1. The molecule has 1 fully saturated rings. The van der Waals surface area contributed by atoms with Crippen LogP contribution in [-0.4, -0.2) is 38.8 Å². The van der Waals surface area contributed by atoms with E-state index in [9.17, 15) is 4.79 Å². The first-order valence-corrected chi connectivity index (χ1v) is 6.00. The number of hydrogen-bond donors (Lipinski definition) is 2. The number of nitrogens with one attached hydrogen (secondary N) is 2. The van der Waals surface area contributed by atoms with Crippen LogP contribution in [0.2, 0.25) is 0 Å². The molecule has 2 unspecified atom stereocenters. The van der Waals surface area contributed by atoms with Gasteiger partial charge in [0.2, 0.25) is 5.91 Å². The predicted octanol–water partition coefficient (Wildman–Crippen LogP) is 0.773. The maximum absolute atomic E-state index is 11.6. The Morgan fingerprint density at radius 1 is 1.56 bits per heavy atom. The monoisotopic (exact) mass is 228 g/mol. The smallest absolute Gasteiger partial charge is 0.226 e. The van der Waals surface area contributed by atoms with E-state index in [-0.39, 0.29) is 11.3 Å². The molecule has 2 N–H and O–H groups in total. The fourth-order valence-electron chi connectivity index (χ4n) is 1.95. The van der Waals surface area contributed by atoms with Crippen LogP contribution in [0.15, 0.2) is 0 Å². The van der Waals surface area contributed by atoms with Crippen LogP contribution < -0.4 is 10.6 Å². The lowest BCUT2D eigenvalue weighted by Gasteiger charge is -2.27. The topological polar surface area (TPSA) is 50.4 Å². The molecular weight excluding hydrogens is 204 g/mol. The highest BCUT2D eigenvalue weighted by Gasteiger charge is 2.29. The molecule has 0 bridgehead atoms. The van der Waals surface area contributed by atoms with Crippen molar-refractivity contribution in [3.63, 3.8) is 0 Å². The Hall–Kier alpha value is -0.610. The van der Waals surface area contributed by atoms with E-state index >= 15 is 0 Å². The molecule has 0 saturated carbocycles. The van der Waals surface area contributed by atoms with Crippen molar-refractivity contribution in [2.45, 2.75) is 33.2 Å². The van der Waals surface area contributed by atoms with E-state index in [1.165, 1.54) is 0 Å². The molecule has 0 aromatic heterocycles. The van der Waals surface area contributed by atoms with E-state index in [0.717, 1.165) is 19.6 Å². The second-order valence-corrected chi connectivity index (χ2v) is 5.26. The van der Waals surface area contributed by atoms with Crippen molar-refractivity contribution in [3.05, 3.63) is 0 Å². The molecule has 1 heterocycles. The molecule has 4 heteroatoms. The molecule has 1 amide bonds. The molecule has 1 aliphatic heterocycles. The first-order chi connectivity index (χ1) is 7.47. The van der Waals surface area contributed by atoms with E-state index < -0.39 is 0 Å². The standard InChI is InChI=1S/C12H24N2O2/c1-9(10-5-6-16-7-10)14-8-12(2,3)11(15)13-4/h9-10,14H,5-8H2,1-4H3,(H,13,15). The highest BCUT2D eigenvalue weighted by molar-refractivity contribution is 5.81. The molecule has 1 saturated heterocycles. The van der Waals surface area contributed by atoms with Gasteiger partial charge in [-0.2, -0.15) is 0 Å². The molecule has 0 aromatic carbocycles. The summed E-state index contributed by atoms with van der Waals surface area (Å²) in [6.07, 6.45) is 1.12. The molecule has 1 rings (SSSR count). The van der Waals surface area contributed by atoms with E-state index in [1.54, 1.807) is 7.05 Å². The number of hydrogen-bond acceptors (Lipinski definition) is 3. The lowest BCUT2D eigenvalue weighted by molar-refractivity contribution is -0.128. The van der Waals surface area contributed by atoms with Crippen LogP contribution in [0.25, 0.3) is 0 Å². The summed E-state index contributed by atoms with van der Waals surface area (Å²) in [4.78, 5) is 11.6. The Morgan fingerprint density at radius 3 is 2.75 bits per heavy atom. The van der Waals surface area contributed by atoms with Gasteiger partial charge < -0.3 is 15.4 Å². The van der Waals surface area contributed by atoms with E-state index in [1.807, 2.05) is 13.8 Å². The van der Waals surface area contributed by atoms with Crippen LogP contribution in [0.3, 0.4) is 0 Å². The Kier molecular flexibility index (Phi) is 4.74. The first kappa shape index (κ1) is 13.5. The lowest BCUT2D eigenvalue weighted by Crippen LogP contribution is -2.46. The second-order valence-electron chi connectivity index (χ2n) is 5.26. The summed E-state index contributed by atoms with van der Waals surface area (Å²) in [6.45, 7) is 8.49. The van der Waals surface area contributed by atoms with Gasteiger partial charge in [-0.15, -0.1) is 0 Å². The Labute approximate surface area is 98.1 Å². The van der Waals surface area contributed by atoms with Crippen LogP contribution in [0.4, 0.5) is 0 Å². The summed E-state index contributed by atoms with van der Waals surface area (Å²) >= 11 is 0. The molecule has 0 aliphatic carbocycles. The molecule has 0 spiro atoms. The largest absolute Gasteiger partial charge is 0.381 e. The maximum atomic E-state index is 11.6. The Morgan fingerprint density at radius 2 is 2.25 bits per heavy atom. The number of amides is 1. The normalized spacial score (nSPS) is 23.1. The minimum absolute atomic E-state index is 0.0786. The van der Waals surface area contributed by atoms with E-state index in [0.29, 0.717) is 18.5 Å². The van der Waals surface area contributed by atoms with Crippen molar-refractivity contribution in [1.82, 2.24) is 10.6 Å². The Balaban J connectivity index is 2.35. The quantitative estimate of drug-likeness (QED) is 0.731. The average Bonchev–Trinajstić information content (AvgIpc) is 2.78. The molecule has 0 radical (unpaired) electrons. The van der Waals surface area contributed by atoms with Gasteiger partial charge in [-0.3, -0.25) is 4.79 Å². The van der Waals surface area contributed by atoms with Crippen molar-refractivity contribution in [2.75, 3.05) is 26.8 Å². The van der Waals surface area contributed by atoms with Crippen LogP contribution in [0.1, 0.15) is 27.2 Å². The molecule has 0 aromatic rings. The summed E-state index contributed by atoms with van der Waals surface area (Å²) in [5, 5.41) is 6.13. The van der Waals surface area contributed by atoms with Crippen molar-refractivity contribution < 1.29 is 9.53 Å². The van der Waals surface area contributed by atoms with Gasteiger partial charge in [-0.1, -0.05) is 0 Å². The third-order valence-electron chi connectivity index (χ3n) is 3.38. The predicted molar refractivity (Wildman–Crippen MR) is 64.2 cm³/mol. The van der Waals surface area contributed by atoms with Gasteiger partial charge in [0, 0.05) is 26.2 Å². The third-order valence-corrected chi connectivity index (χ3v) is 3.38. The molecular formula is C12H24N2O2. The van der Waals surface area contributed by atoms with Crippen molar-refractivity contribution in [1.29, 1.82) is 0 Å². The molecule has 2 atom stereocenters. The van der Waals surface area contributed by atoms with Gasteiger partial charge in [0.05, 0.1) is 12.0 Å². The van der Waals surface area contributed by atoms with Crippen molar-refractivity contribution in [2.24, 2.45) is 11.3 Å². The minimum atomic E-state index is -0.359. The summed E-state index contributed by atoms with van der Waals surface area (Å²) < 4.78 is 5.36. The van der Waals surface area contributed by atoms with Gasteiger partial charge in [-0.05, 0) is 33.1 Å². The Bertz CT molecular complexity index is 235. The van der Waals surface area contributed by atoms with Crippen LogP contribution in [0, 0.1) is 11.3 Å². The van der Waals surface area contributed by atoms with E-state index in [4.69, 9.17) is 4.74 Å². The highest BCUT2D eigenvalue weighted by atomic mass is 16.5. The highest BCUT2D eigenvalue weighted by Crippen LogP contribution is 2.18. The average molecular weight is 228 g/mol. The summed E-state index contributed by atoms with van der Waals surface area (Å²) in [5.41, 5.74) is -0.359.